The smallest absolute Gasteiger partial charge is 0.290 e. The molecule has 5 nitrogen and oxygen atoms in total. The molecule has 1 aliphatic heterocycles. The zero-order valence-electron chi connectivity index (χ0n) is 18.3. The summed E-state index contributed by atoms with van der Waals surface area (Å²) in [5.74, 6) is 0.308. The lowest BCUT2D eigenvalue weighted by Gasteiger charge is -2.26. The van der Waals surface area contributed by atoms with Gasteiger partial charge < -0.3 is 14.2 Å². The Bertz CT molecular complexity index is 1180. The van der Waals surface area contributed by atoms with Crippen LogP contribution in [-0.2, 0) is 0 Å². The van der Waals surface area contributed by atoms with E-state index in [0.29, 0.717) is 34.0 Å². The van der Waals surface area contributed by atoms with Gasteiger partial charge in [-0.3, -0.25) is 9.59 Å². The van der Waals surface area contributed by atoms with E-state index in [1.807, 2.05) is 26.2 Å². The van der Waals surface area contributed by atoms with Gasteiger partial charge in [0.05, 0.1) is 17.0 Å². The first-order valence-electron chi connectivity index (χ1n) is 10.6. The van der Waals surface area contributed by atoms with Crippen LogP contribution < -0.4 is 5.43 Å². The summed E-state index contributed by atoms with van der Waals surface area (Å²) in [7, 11) is 4.01. The van der Waals surface area contributed by atoms with Crippen molar-refractivity contribution >= 4 is 28.5 Å². The van der Waals surface area contributed by atoms with E-state index in [9.17, 15) is 9.59 Å². The summed E-state index contributed by atoms with van der Waals surface area (Å²) in [4.78, 5) is 30.7. The maximum absolute atomic E-state index is 13.5. The SMILES string of the molecule is CC(C)c1ccc([C@H]2c3c(oc4ccc(Cl)cc4c3=O)C(=O)N2CCCN(C)C)cc1. The average molecular weight is 439 g/mol. The minimum Gasteiger partial charge on any atom is -0.450 e. The highest BCUT2D eigenvalue weighted by atomic mass is 35.5. The summed E-state index contributed by atoms with van der Waals surface area (Å²) in [6, 6.07) is 12.6. The molecule has 6 heteroatoms. The molecule has 2 heterocycles. The first-order chi connectivity index (χ1) is 14.8. The number of carbonyl (C=O) groups excluding carboxylic acids is 1. The molecule has 0 saturated carbocycles. The van der Waals surface area contributed by atoms with Gasteiger partial charge in [-0.05, 0) is 62.3 Å². The molecule has 1 amide bonds. The standard InChI is InChI=1S/C25H27ClN2O3/c1-15(2)16-6-8-17(9-7-16)22-21-23(29)19-14-18(26)10-11-20(19)31-24(21)25(30)28(22)13-5-12-27(3)4/h6-11,14-15,22H,5,12-13H2,1-4H3/t22-/m0/s1. The van der Waals surface area contributed by atoms with Crippen molar-refractivity contribution in [3.8, 4) is 0 Å². The molecular formula is C25H27ClN2O3. The molecule has 0 unspecified atom stereocenters. The van der Waals surface area contributed by atoms with E-state index in [-0.39, 0.29) is 17.1 Å². The molecule has 0 saturated heterocycles. The molecule has 0 N–H and O–H groups in total. The number of carbonyl (C=O) groups is 1. The number of hydrogen-bond donors (Lipinski definition) is 0. The van der Waals surface area contributed by atoms with Gasteiger partial charge >= 0.3 is 0 Å². The molecule has 2 aromatic carbocycles. The number of rotatable bonds is 6. The number of benzene rings is 2. The third-order valence-electron chi connectivity index (χ3n) is 5.85. The zero-order chi connectivity index (χ0) is 22.3. The van der Waals surface area contributed by atoms with Crippen molar-refractivity contribution in [2.45, 2.75) is 32.2 Å². The maximum Gasteiger partial charge on any atom is 0.290 e. The van der Waals surface area contributed by atoms with Gasteiger partial charge in [-0.1, -0.05) is 49.7 Å². The molecule has 162 valence electrons. The number of nitrogens with zero attached hydrogens (tertiary/aromatic N) is 2. The molecule has 0 bridgehead atoms. The zero-order valence-corrected chi connectivity index (χ0v) is 19.1. The molecule has 3 aromatic rings. The van der Waals surface area contributed by atoms with Gasteiger partial charge in [-0.15, -0.1) is 0 Å². The van der Waals surface area contributed by atoms with Crippen LogP contribution >= 0.6 is 11.6 Å². The molecule has 0 aliphatic carbocycles. The summed E-state index contributed by atoms with van der Waals surface area (Å²) >= 11 is 6.13. The van der Waals surface area contributed by atoms with Crippen LogP contribution in [0, 0.1) is 0 Å². The lowest BCUT2D eigenvalue weighted by molar-refractivity contribution is 0.0722. The molecule has 31 heavy (non-hydrogen) atoms. The topological polar surface area (TPSA) is 53.8 Å². The minimum atomic E-state index is -0.467. The first-order valence-corrected chi connectivity index (χ1v) is 11.0. The fraction of sp³-hybridized carbons (Fsp3) is 0.360. The van der Waals surface area contributed by atoms with Gasteiger partial charge in [0, 0.05) is 11.6 Å². The van der Waals surface area contributed by atoms with Crippen LogP contribution in [0.1, 0.15) is 59.5 Å². The number of hydrogen-bond acceptors (Lipinski definition) is 4. The molecule has 1 aliphatic rings. The second kappa shape index (κ2) is 8.48. The monoisotopic (exact) mass is 438 g/mol. The van der Waals surface area contributed by atoms with Gasteiger partial charge in [0.1, 0.15) is 5.58 Å². The Labute approximate surface area is 187 Å². The second-order valence-electron chi connectivity index (χ2n) is 8.69. The third-order valence-corrected chi connectivity index (χ3v) is 6.09. The highest BCUT2D eigenvalue weighted by Gasteiger charge is 2.42. The number of fused-ring (bicyclic) bond motifs is 2. The lowest BCUT2D eigenvalue weighted by atomic mass is 9.95. The molecule has 0 spiro atoms. The first kappa shape index (κ1) is 21.6. The molecule has 1 atom stereocenters. The van der Waals surface area contributed by atoms with Crippen LogP contribution in [0.3, 0.4) is 0 Å². The fourth-order valence-corrected chi connectivity index (χ4v) is 4.36. The van der Waals surface area contributed by atoms with E-state index in [4.69, 9.17) is 16.0 Å². The predicted molar refractivity (Wildman–Crippen MR) is 124 cm³/mol. The Morgan fingerprint density at radius 1 is 1.10 bits per heavy atom. The van der Waals surface area contributed by atoms with E-state index in [1.54, 1.807) is 23.1 Å². The summed E-state index contributed by atoms with van der Waals surface area (Å²) in [5.41, 5.74) is 2.72. The number of halogens is 1. The molecule has 1 aromatic heterocycles. The normalized spacial score (nSPS) is 16.0. The Morgan fingerprint density at radius 3 is 2.45 bits per heavy atom. The Balaban J connectivity index is 1.86. The van der Waals surface area contributed by atoms with E-state index >= 15 is 0 Å². The van der Waals surface area contributed by atoms with Gasteiger partial charge in [-0.2, -0.15) is 0 Å². The lowest BCUT2D eigenvalue weighted by Crippen LogP contribution is -2.32. The minimum absolute atomic E-state index is 0.141. The van der Waals surface area contributed by atoms with Crippen molar-refractivity contribution in [1.82, 2.24) is 9.80 Å². The third kappa shape index (κ3) is 4.00. The Morgan fingerprint density at radius 2 is 1.81 bits per heavy atom. The van der Waals surface area contributed by atoms with Crippen molar-refractivity contribution in [2.75, 3.05) is 27.2 Å². The predicted octanol–water partition coefficient (Wildman–Crippen LogP) is 5.07. The number of amides is 1. The van der Waals surface area contributed by atoms with Crippen LogP contribution in [0.4, 0.5) is 0 Å². The molecular weight excluding hydrogens is 412 g/mol. The average Bonchev–Trinajstić information content (AvgIpc) is 3.01. The van der Waals surface area contributed by atoms with Crippen LogP contribution in [0.15, 0.2) is 51.7 Å². The van der Waals surface area contributed by atoms with E-state index in [1.165, 1.54) is 5.56 Å². The maximum atomic E-state index is 13.5. The highest BCUT2D eigenvalue weighted by Crippen LogP contribution is 2.38. The summed E-state index contributed by atoms with van der Waals surface area (Å²) in [6.07, 6.45) is 0.798. The summed E-state index contributed by atoms with van der Waals surface area (Å²) < 4.78 is 5.96. The van der Waals surface area contributed by atoms with E-state index < -0.39 is 6.04 Å². The van der Waals surface area contributed by atoms with E-state index in [2.05, 4.69) is 30.9 Å². The van der Waals surface area contributed by atoms with Gasteiger partial charge in [0.2, 0.25) is 5.76 Å². The van der Waals surface area contributed by atoms with Crippen molar-refractivity contribution in [1.29, 1.82) is 0 Å². The van der Waals surface area contributed by atoms with Gasteiger partial charge in [-0.25, -0.2) is 0 Å². The quantitative estimate of drug-likeness (QED) is 0.539. The summed E-state index contributed by atoms with van der Waals surface area (Å²) in [5, 5.41) is 0.864. The molecule has 0 fully saturated rings. The fourth-order valence-electron chi connectivity index (χ4n) is 4.19. The van der Waals surface area contributed by atoms with Gasteiger partial charge in [0.15, 0.2) is 5.43 Å². The van der Waals surface area contributed by atoms with Crippen LogP contribution in [0.25, 0.3) is 11.0 Å². The van der Waals surface area contributed by atoms with Crippen molar-refractivity contribution in [2.24, 2.45) is 0 Å². The van der Waals surface area contributed by atoms with E-state index in [0.717, 1.165) is 18.5 Å². The van der Waals surface area contributed by atoms with Crippen molar-refractivity contribution < 1.29 is 9.21 Å². The van der Waals surface area contributed by atoms with Crippen LogP contribution in [0.5, 0.6) is 0 Å². The highest BCUT2D eigenvalue weighted by molar-refractivity contribution is 6.31. The van der Waals surface area contributed by atoms with Crippen molar-refractivity contribution in [3.63, 3.8) is 0 Å². The second-order valence-corrected chi connectivity index (χ2v) is 9.13. The van der Waals surface area contributed by atoms with Crippen molar-refractivity contribution in [3.05, 3.63) is 80.2 Å². The van der Waals surface area contributed by atoms with Crippen LogP contribution in [-0.4, -0.2) is 42.9 Å². The van der Waals surface area contributed by atoms with Gasteiger partial charge in [0.25, 0.3) is 5.91 Å². The molecule has 4 rings (SSSR count). The van der Waals surface area contributed by atoms with Crippen LogP contribution in [0.2, 0.25) is 5.02 Å². The largest absolute Gasteiger partial charge is 0.450 e. The molecule has 0 radical (unpaired) electrons. The summed E-state index contributed by atoms with van der Waals surface area (Å²) in [6.45, 7) is 5.66. The Kier molecular flexibility index (Phi) is 5.91. The Hall–Kier alpha value is -2.63.